The van der Waals surface area contributed by atoms with Crippen molar-refractivity contribution in [3.8, 4) is 11.3 Å². The minimum Gasteiger partial charge on any atom is -0.364 e. The first-order valence-corrected chi connectivity index (χ1v) is 9.46. The van der Waals surface area contributed by atoms with Crippen LogP contribution in [0.25, 0.3) is 11.3 Å². The van der Waals surface area contributed by atoms with Crippen LogP contribution < -0.4 is 10.6 Å². The van der Waals surface area contributed by atoms with Crippen LogP contribution in [0.15, 0.2) is 36.8 Å². The summed E-state index contributed by atoms with van der Waals surface area (Å²) in [6.45, 7) is 4.61. The second-order valence-corrected chi connectivity index (χ2v) is 6.69. The zero-order valence-corrected chi connectivity index (χ0v) is 15.5. The number of H-pyrrole nitrogens is 1. The van der Waals surface area contributed by atoms with Crippen LogP contribution in [-0.2, 0) is 19.4 Å². The molecule has 0 aromatic carbocycles. The van der Waals surface area contributed by atoms with Crippen molar-refractivity contribution >= 4 is 11.7 Å². The number of amides is 1. The molecule has 0 unspecified atom stereocenters. The number of rotatable bonds is 6. The molecule has 3 N–H and O–H groups in total. The number of carbonyl (C=O) groups is 1. The molecular weight excluding hydrogens is 340 g/mol. The molecule has 0 radical (unpaired) electrons. The Bertz CT molecular complexity index is 942. The third-order valence-electron chi connectivity index (χ3n) is 4.86. The molecule has 0 atom stereocenters. The van der Waals surface area contributed by atoms with Gasteiger partial charge in [-0.15, -0.1) is 0 Å². The molecule has 4 rings (SSSR count). The lowest BCUT2D eigenvalue weighted by atomic mass is 10.0. The lowest BCUT2D eigenvalue weighted by Gasteiger charge is -2.08. The Morgan fingerprint density at radius 1 is 1.33 bits per heavy atom. The van der Waals surface area contributed by atoms with Crippen LogP contribution in [0.4, 0.5) is 5.82 Å². The molecule has 3 heterocycles. The molecule has 0 fully saturated rings. The lowest BCUT2D eigenvalue weighted by Crippen LogP contribution is -2.19. The van der Waals surface area contributed by atoms with Crippen molar-refractivity contribution in [2.75, 3.05) is 18.4 Å². The number of aryl methyl sites for hydroxylation is 2. The quantitative estimate of drug-likeness (QED) is 0.587. The van der Waals surface area contributed by atoms with Gasteiger partial charge in [0, 0.05) is 42.5 Å². The first-order valence-electron chi connectivity index (χ1n) is 9.46. The van der Waals surface area contributed by atoms with Gasteiger partial charge in [0.25, 0.3) is 5.91 Å². The molecule has 1 amide bonds. The van der Waals surface area contributed by atoms with Gasteiger partial charge in [0.1, 0.15) is 0 Å². The van der Waals surface area contributed by atoms with Gasteiger partial charge in [-0.05, 0) is 37.4 Å². The van der Waals surface area contributed by atoms with Gasteiger partial charge in [0.2, 0.25) is 0 Å². The highest BCUT2D eigenvalue weighted by molar-refractivity contribution is 6.08. The summed E-state index contributed by atoms with van der Waals surface area (Å²) < 4.78 is 1.83. The molecule has 140 valence electrons. The predicted octanol–water partition coefficient (Wildman–Crippen LogP) is 2.62. The molecule has 7 heteroatoms. The number of aromatic nitrogens is 4. The third-order valence-corrected chi connectivity index (χ3v) is 4.86. The Morgan fingerprint density at radius 2 is 2.26 bits per heavy atom. The number of hydrogen-bond acceptors (Lipinski definition) is 4. The number of fused-ring (bicyclic) bond motifs is 3. The smallest absolute Gasteiger partial charge is 0.259 e. The van der Waals surface area contributed by atoms with E-state index in [1.165, 1.54) is 5.56 Å². The van der Waals surface area contributed by atoms with Crippen molar-refractivity contribution in [1.29, 1.82) is 0 Å². The maximum atomic E-state index is 12.9. The molecule has 0 spiro atoms. The minimum absolute atomic E-state index is 0.164. The third kappa shape index (κ3) is 3.64. The number of likely N-dealkylation sites (N-methyl/N-ethyl adjacent to an activating group) is 1. The van der Waals surface area contributed by atoms with E-state index in [1.54, 1.807) is 12.4 Å². The predicted molar refractivity (Wildman–Crippen MR) is 105 cm³/mol. The van der Waals surface area contributed by atoms with Gasteiger partial charge in [0.15, 0.2) is 5.82 Å². The largest absolute Gasteiger partial charge is 0.364 e. The van der Waals surface area contributed by atoms with Crippen LogP contribution >= 0.6 is 0 Å². The first kappa shape index (κ1) is 17.5. The Hall–Kier alpha value is -2.93. The van der Waals surface area contributed by atoms with Gasteiger partial charge in [0.05, 0.1) is 17.8 Å². The van der Waals surface area contributed by atoms with E-state index in [0.29, 0.717) is 11.4 Å². The summed E-state index contributed by atoms with van der Waals surface area (Å²) in [5.41, 5.74) is 4.72. The second kappa shape index (κ2) is 7.75. The number of nitrogens with one attached hydrogen (secondary N) is 3. The fourth-order valence-electron chi connectivity index (χ4n) is 3.54. The maximum absolute atomic E-state index is 12.9. The number of nitrogens with zero attached hydrogens (tertiary/aromatic N) is 3. The molecule has 0 bridgehead atoms. The van der Waals surface area contributed by atoms with E-state index in [9.17, 15) is 4.79 Å². The van der Waals surface area contributed by atoms with Crippen LogP contribution in [0.5, 0.6) is 0 Å². The number of anilines is 1. The summed E-state index contributed by atoms with van der Waals surface area (Å²) >= 11 is 0. The average Bonchev–Trinajstić information content (AvgIpc) is 3.25. The van der Waals surface area contributed by atoms with Crippen LogP contribution in [0.3, 0.4) is 0 Å². The summed E-state index contributed by atoms with van der Waals surface area (Å²) in [6.07, 6.45) is 8.38. The van der Waals surface area contributed by atoms with E-state index in [-0.39, 0.29) is 5.91 Å². The number of aromatic amines is 1. The summed E-state index contributed by atoms with van der Waals surface area (Å²) in [6, 6.07) is 5.87. The van der Waals surface area contributed by atoms with Crippen molar-refractivity contribution in [3.05, 3.63) is 53.6 Å². The maximum Gasteiger partial charge on any atom is 0.259 e. The topological polar surface area (TPSA) is 87.6 Å². The minimum atomic E-state index is -0.164. The molecule has 27 heavy (non-hydrogen) atoms. The Balaban J connectivity index is 1.56. The molecule has 1 aliphatic rings. The van der Waals surface area contributed by atoms with E-state index in [2.05, 4.69) is 38.7 Å². The van der Waals surface area contributed by atoms with Gasteiger partial charge >= 0.3 is 0 Å². The SMILES string of the molecule is CCNCCn1ccc(NC(=O)c2c[nH]c3c2-c2ncccc2CCC3)n1. The van der Waals surface area contributed by atoms with Gasteiger partial charge in [-0.25, -0.2) is 0 Å². The monoisotopic (exact) mass is 364 g/mol. The summed E-state index contributed by atoms with van der Waals surface area (Å²) in [7, 11) is 0. The molecule has 3 aromatic heterocycles. The highest BCUT2D eigenvalue weighted by Gasteiger charge is 2.24. The molecule has 0 saturated heterocycles. The normalized spacial score (nSPS) is 12.9. The van der Waals surface area contributed by atoms with Crippen molar-refractivity contribution in [3.63, 3.8) is 0 Å². The highest BCUT2D eigenvalue weighted by atomic mass is 16.1. The molecule has 0 aliphatic heterocycles. The van der Waals surface area contributed by atoms with Crippen LogP contribution in [-0.4, -0.2) is 38.7 Å². The lowest BCUT2D eigenvalue weighted by molar-refractivity contribution is 0.102. The van der Waals surface area contributed by atoms with Gasteiger partial charge in [-0.3, -0.25) is 14.5 Å². The molecule has 7 nitrogen and oxygen atoms in total. The van der Waals surface area contributed by atoms with E-state index in [0.717, 1.165) is 55.8 Å². The highest BCUT2D eigenvalue weighted by Crippen LogP contribution is 2.33. The Labute approximate surface area is 158 Å². The standard InChI is InChI=1S/C20H24N6O/c1-2-21-10-12-26-11-8-17(25-26)24-20(27)15-13-23-16-7-3-5-14-6-4-9-22-19(14)18(15)16/h4,6,8-9,11,13,21,23H,2-3,5,7,10,12H2,1H3,(H,24,25,27). The van der Waals surface area contributed by atoms with Crippen LogP contribution in [0.2, 0.25) is 0 Å². The summed E-state index contributed by atoms with van der Waals surface area (Å²) in [5, 5.41) is 10.6. The van der Waals surface area contributed by atoms with E-state index in [1.807, 2.05) is 23.0 Å². The molecule has 0 saturated carbocycles. The van der Waals surface area contributed by atoms with E-state index in [4.69, 9.17) is 0 Å². The fraction of sp³-hybridized carbons (Fsp3) is 0.350. The molecule has 3 aromatic rings. The Morgan fingerprint density at radius 3 is 3.15 bits per heavy atom. The van der Waals surface area contributed by atoms with Crippen molar-refractivity contribution in [2.45, 2.75) is 32.7 Å². The van der Waals surface area contributed by atoms with Crippen LogP contribution in [0.1, 0.15) is 35.0 Å². The van der Waals surface area contributed by atoms with Gasteiger partial charge in [-0.2, -0.15) is 5.10 Å². The van der Waals surface area contributed by atoms with Crippen molar-refractivity contribution < 1.29 is 4.79 Å². The number of hydrogen-bond donors (Lipinski definition) is 3. The zero-order chi connectivity index (χ0) is 18.6. The van der Waals surface area contributed by atoms with Crippen molar-refractivity contribution in [1.82, 2.24) is 25.1 Å². The molecule has 1 aliphatic carbocycles. The number of pyridine rings is 1. The van der Waals surface area contributed by atoms with Gasteiger partial charge in [-0.1, -0.05) is 13.0 Å². The first-order chi connectivity index (χ1) is 13.3. The van der Waals surface area contributed by atoms with E-state index >= 15 is 0 Å². The number of carbonyl (C=O) groups excluding carboxylic acids is 1. The average molecular weight is 364 g/mol. The van der Waals surface area contributed by atoms with E-state index < -0.39 is 0 Å². The Kier molecular flexibility index (Phi) is 5.02. The second-order valence-electron chi connectivity index (χ2n) is 6.69. The van der Waals surface area contributed by atoms with Crippen molar-refractivity contribution in [2.24, 2.45) is 0 Å². The summed E-state index contributed by atoms with van der Waals surface area (Å²) in [4.78, 5) is 20.8. The molecular formula is C20H24N6O. The van der Waals surface area contributed by atoms with Gasteiger partial charge < -0.3 is 15.6 Å². The van der Waals surface area contributed by atoms with Crippen LogP contribution in [0, 0.1) is 0 Å². The zero-order valence-electron chi connectivity index (χ0n) is 15.5. The fourth-order valence-corrected chi connectivity index (χ4v) is 3.54. The summed E-state index contributed by atoms with van der Waals surface area (Å²) in [5.74, 6) is 0.393.